The van der Waals surface area contributed by atoms with Crippen molar-refractivity contribution in [3.8, 4) is 0 Å². The zero-order valence-electron chi connectivity index (χ0n) is 11.6. The summed E-state index contributed by atoms with van der Waals surface area (Å²) in [6.07, 6.45) is 19.5. The highest BCUT2D eigenvalue weighted by atomic mass is 15.2. The molecule has 0 saturated carbocycles. The van der Waals surface area contributed by atoms with Crippen LogP contribution < -0.4 is 16.4 Å². The molecule has 19 heavy (non-hydrogen) atoms. The molecule has 3 nitrogen and oxygen atoms in total. The normalized spacial score (nSPS) is 28.5. The minimum atomic E-state index is -0.00967. The SMILES string of the molecule is CCNC(NC(N)C1C=CC=CC1)C1C=CC=CC1. The van der Waals surface area contributed by atoms with Crippen molar-refractivity contribution in [3.05, 3.63) is 48.6 Å². The largest absolute Gasteiger partial charge is 0.315 e. The van der Waals surface area contributed by atoms with Gasteiger partial charge in [-0.05, 0) is 19.4 Å². The molecule has 0 radical (unpaired) electrons. The Balaban J connectivity index is 1.92. The van der Waals surface area contributed by atoms with Crippen LogP contribution in [0.5, 0.6) is 0 Å². The smallest absolute Gasteiger partial charge is 0.0651 e. The lowest BCUT2D eigenvalue weighted by Gasteiger charge is -2.32. The first-order valence-corrected chi connectivity index (χ1v) is 7.23. The lowest BCUT2D eigenvalue weighted by Crippen LogP contribution is -2.56. The van der Waals surface area contributed by atoms with Gasteiger partial charge in [0.25, 0.3) is 0 Å². The van der Waals surface area contributed by atoms with Gasteiger partial charge in [0, 0.05) is 11.8 Å². The summed E-state index contributed by atoms with van der Waals surface area (Å²) in [5, 5.41) is 7.06. The average molecular weight is 259 g/mol. The Morgan fingerprint density at radius 2 is 1.68 bits per heavy atom. The Morgan fingerprint density at radius 1 is 1.05 bits per heavy atom. The quantitative estimate of drug-likeness (QED) is 0.640. The maximum Gasteiger partial charge on any atom is 0.0651 e. The molecule has 2 rings (SSSR count). The summed E-state index contributed by atoms with van der Waals surface area (Å²) in [5.74, 6) is 0.855. The molecule has 0 saturated heterocycles. The van der Waals surface area contributed by atoms with Gasteiger partial charge in [-0.3, -0.25) is 5.32 Å². The van der Waals surface area contributed by atoms with Crippen molar-refractivity contribution < 1.29 is 0 Å². The van der Waals surface area contributed by atoms with Crippen molar-refractivity contribution in [2.45, 2.75) is 32.1 Å². The van der Waals surface area contributed by atoms with Crippen LogP contribution in [-0.2, 0) is 0 Å². The third kappa shape index (κ3) is 4.16. The molecule has 0 heterocycles. The summed E-state index contributed by atoms with van der Waals surface area (Å²) in [6.45, 7) is 3.07. The van der Waals surface area contributed by atoms with Crippen molar-refractivity contribution in [3.63, 3.8) is 0 Å². The van der Waals surface area contributed by atoms with Gasteiger partial charge in [0.1, 0.15) is 0 Å². The molecule has 0 amide bonds. The van der Waals surface area contributed by atoms with Crippen molar-refractivity contribution in [2.24, 2.45) is 17.6 Å². The number of hydrogen-bond donors (Lipinski definition) is 3. The molecule has 2 aliphatic carbocycles. The van der Waals surface area contributed by atoms with Crippen LogP contribution in [0.25, 0.3) is 0 Å². The summed E-state index contributed by atoms with van der Waals surface area (Å²) in [5.41, 5.74) is 6.31. The molecular weight excluding hydrogens is 234 g/mol. The topological polar surface area (TPSA) is 50.1 Å². The molecule has 4 unspecified atom stereocenters. The van der Waals surface area contributed by atoms with Crippen LogP contribution in [0.2, 0.25) is 0 Å². The number of allylic oxidation sites excluding steroid dienone is 6. The molecular formula is C16H25N3. The fraction of sp³-hybridized carbons (Fsp3) is 0.500. The minimum Gasteiger partial charge on any atom is -0.315 e. The molecule has 0 aliphatic heterocycles. The van der Waals surface area contributed by atoms with E-state index >= 15 is 0 Å². The van der Waals surface area contributed by atoms with Crippen LogP contribution in [0.3, 0.4) is 0 Å². The average Bonchev–Trinajstić information content (AvgIpc) is 2.48. The van der Waals surface area contributed by atoms with Crippen LogP contribution in [0.1, 0.15) is 19.8 Å². The Morgan fingerprint density at radius 3 is 2.21 bits per heavy atom. The van der Waals surface area contributed by atoms with Gasteiger partial charge in [-0.2, -0.15) is 0 Å². The molecule has 0 aromatic carbocycles. The lowest BCUT2D eigenvalue weighted by atomic mass is 9.94. The summed E-state index contributed by atoms with van der Waals surface area (Å²) >= 11 is 0. The van der Waals surface area contributed by atoms with Gasteiger partial charge in [-0.15, -0.1) is 0 Å². The lowest BCUT2D eigenvalue weighted by molar-refractivity contribution is 0.282. The third-order valence-corrected chi connectivity index (χ3v) is 3.71. The highest BCUT2D eigenvalue weighted by Gasteiger charge is 2.23. The van der Waals surface area contributed by atoms with Crippen molar-refractivity contribution in [2.75, 3.05) is 6.54 Å². The van der Waals surface area contributed by atoms with E-state index in [-0.39, 0.29) is 12.3 Å². The molecule has 0 aromatic heterocycles. The van der Waals surface area contributed by atoms with E-state index in [1.54, 1.807) is 0 Å². The van der Waals surface area contributed by atoms with Crippen LogP contribution in [0.4, 0.5) is 0 Å². The van der Waals surface area contributed by atoms with Gasteiger partial charge < -0.3 is 11.1 Å². The number of nitrogens with one attached hydrogen (secondary N) is 2. The standard InChI is InChI=1S/C16H25N3/c1-2-18-16(14-11-7-4-8-12-14)19-15(17)13-9-5-3-6-10-13/h3-9,11,13-16,18-19H,2,10,12,17H2,1H3. The highest BCUT2D eigenvalue weighted by Crippen LogP contribution is 2.18. The van der Waals surface area contributed by atoms with Crippen LogP contribution in [-0.4, -0.2) is 18.9 Å². The maximum atomic E-state index is 6.31. The van der Waals surface area contributed by atoms with Crippen molar-refractivity contribution >= 4 is 0 Å². The number of nitrogens with two attached hydrogens (primary N) is 1. The number of hydrogen-bond acceptors (Lipinski definition) is 3. The van der Waals surface area contributed by atoms with Gasteiger partial charge in [0.05, 0.1) is 12.3 Å². The Bertz CT molecular complexity index is 381. The first-order valence-electron chi connectivity index (χ1n) is 7.23. The van der Waals surface area contributed by atoms with E-state index in [0.29, 0.717) is 11.8 Å². The van der Waals surface area contributed by atoms with Gasteiger partial charge in [-0.1, -0.05) is 55.5 Å². The molecule has 0 bridgehead atoms. The Labute approximate surface area is 116 Å². The second-order valence-electron chi connectivity index (χ2n) is 5.15. The predicted molar refractivity (Wildman–Crippen MR) is 81.3 cm³/mol. The van der Waals surface area contributed by atoms with E-state index in [1.165, 1.54) is 0 Å². The predicted octanol–water partition coefficient (Wildman–Crippen LogP) is 2.06. The van der Waals surface area contributed by atoms with Crippen LogP contribution in [0, 0.1) is 11.8 Å². The van der Waals surface area contributed by atoms with E-state index in [0.717, 1.165) is 19.4 Å². The van der Waals surface area contributed by atoms with Crippen LogP contribution >= 0.6 is 0 Å². The van der Waals surface area contributed by atoms with Crippen molar-refractivity contribution in [1.82, 2.24) is 10.6 Å². The molecule has 0 fully saturated rings. The highest BCUT2D eigenvalue weighted by molar-refractivity contribution is 5.14. The monoisotopic (exact) mass is 259 g/mol. The maximum absolute atomic E-state index is 6.31. The van der Waals surface area contributed by atoms with Gasteiger partial charge in [0.2, 0.25) is 0 Å². The molecule has 0 aromatic rings. The zero-order valence-corrected chi connectivity index (χ0v) is 11.6. The second kappa shape index (κ2) is 7.43. The molecule has 104 valence electrons. The first-order chi connectivity index (χ1) is 9.31. The van der Waals surface area contributed by atoms with Gasteiger partial charge >= 0.3 is 0 Å². The van der Waals surface area contributed by atoms with E-state index in [4.69, 9.17) is 5.73 Å². The minimum absolute atomic E-state index is 0.00967. The van der Waals surface area contributed by atoms with E-state index in [9.17, 15) is 0 Å². The first kappa shape index (κ1) is 14.3. The molecule has 0 spiro atoms. The van der Waals surface area contributed by atoms with E-state index in [2.05, 4.69) is 66.2 Å². The van der Waals surface area contributed by atoms with Crippen molar-refractivity contribution in [1.29, 1.82) is 0 Å². The third-order valence-electron chi connectivity index (χ3n) is 3.71. The van der Waals surface area contributed by atoms with Gasteiger partial charge in [0.15, 0.2) is 0 Å². The summed E-state index contributed by atoms with van der Waals surface area (Å²) < 4.78 is 0. The van der Waals surface area contributed by atoms with E-state index in [1.807, 2.05) is 0 Å². The van der Waals surface area contributed by atoms with Crippen LogP contribution in [0.15, 0.2) is 48.6 Å². The number of rotatable bonds is 6. The second-order valence-corrected chi connectivity index (χ2v) is 5.15. The molecule has 3 heteroatoms. The molecule has 4 atom stereocenters. The summed E-state index contributed by atoms with van der Waals surface area (Å²) in [4.78, 5) is 0. The van der Waals surface area contributed by atoms with E-state index < -0.39 is 0 Å². The Kier molecular flexibility index (Phi) is 5.58. The van der Waals surface area contributed by atoms with Gasteiger partial charge in [-0.25, -0.2) is 0 Å². The fourth-order valence-corrected chi connectivity index (χ4v) is 2.60. The zero-order chi connectivity index (χ0) is 13.5. The Hall–Kier alpha value is -1.16. The summed E-state index contributed by atoms with van der Waals surface area (Å²) in [7, 11) is 0. The molecule has 4 N–H and O–H groups in total. The molecule has 2 aliphatic rings. The fourth-order valence-electron chi connectivity index (χ4n) is 2.60. The summed E-state index contributed by atoms with van der Waals surface area (Å²) in [6, 6.07) is 0.